The number of amides is 2. The first-order valence-electron chi connectivity index (χ1n) is 6.82. The fraction of sp³-hybridized carbons (Fsp3) is 0.400. The minimum absolute atomic E-state index is 0.0123. The van der Waals surface area contributed by atoms with Crippen LogP contribution in [-0.2, 0) is 14.4 Å². The van der Waals surface area contributed by atoms with E-state index in [0.717, 1.165) is 5.56 Å². The van der Waals surface area contributed by atoms with Gasteiger partial charge in [-0.15, -0.1) is 0 Å². The van der Waals surface area contributed by atoms with Gasteiger partial charge in [0.1, 0.15) is 6.04 Å². The second kappa shape index (κ2) is 8.04. The van der Waals surface area contributed by atoms with Crippen LogP contribution in [0.1, 0.15) is 37.7 Å². The van der Waals surface area contributed by atoms with Gasteiger partial charge in [-0.25, -0.2) is 4.79 Å². The lowest BCUT2D eigenvalue weighted by molar-refractivity contribution is -0.142. The van der Waals surface area contributed by atoms with Crippen LogP contribution >= 0.6 is 0 Å². The molecule has 1 aromatic rings. The number of rotatable bonds is 8. The zero-order chi connectivity index (χ0) is 15.8. The normalized spacial score (nSPS) is 13.2. The SMILES string of the molecule is CCC(C(=O)N[C@H](CCC(N)=O)C(=O)O)c1ccccc1. The Morgan fingerprint density at radius 1 is 1.24 bits per heavy atom. The summed E-state index contributed by atoms with van der Waals surface area (Å²) in [6, 6.07) is 8.05. The van der Waals surface area contributed by atoms with Crippen molar-refractivity contribution in [2.24, 2.45) is 5.73 Å². The second-order valence-electron chi connectivity index (χ2n) is 4.78. The summed E-state index contributed by atoms with van der Waals surface area (Å²) in [6.07, 6.45) is 0.457. The Hall–Kier alpha value is -2.37. The number of nitrogens with one attached hydrogen (secondary N) is 1. The van der Waals surface area contributed by atoms with Gasteiger partial charge in [-0.1, -0.05) is 37.3 Å². The molecule has 1 rings (SSSR count). The number of carbonyl (C=O) groups excluding carboxylic acids is 2. The van der Waals surface area contributed by atoms with E-state index in [1.165, 1.54) is 0 Å². The number of primary amides is 1. The van der Waals surface area contributed by atoms with Crippen molar-refractivity contribution in [1.29, 1.82) is 0 Å². The van der Waals surface area contributed by atoms with E-state index < -0.39 is 23.8 Å². The van der Waals surface area contributed by atoms with Crippen LogP contribution < -0.4 is 11.1 Å². The average molecular weight is 292 g/mol. The van der Waals surface area contributed by atoms with Crippen LogP contribution in [0.25, 0.3) is 0 Å². The van der Waals surface area contributed by atoms with Crippen molar-refractivity contribution in [2.75, 3.05) is 0 Å². The molecular formula is C15H20N2O4. The molecule has 0 radical (unpaired) electrons. The molecule has 0 heterocycles. The summed E-state index contributed by atoms with van der Waals surface area (Å²) in [5, 5.41) is 11.6. The smallest absolute Gasteiger partial charge is 0.326 e. The molecule has 21 heavy (non-hydrogen) atoms. The molecule has 0 aliphatic rings. The van der Waals surface area contributed by atoms with E-state index in [0.29, 0.717) is 6.42 Å². The lowest BCUT2D eigenvalue weighted by Crippen LogP contribution is -2.43. The topological polar surface area (TPSA) is 109 Å². The average Bonchev–Trinajstić information content (AvgIpc) is 2.44. The molecule has 0 bridgehead atoms. The highest BCUT2D eigenvalue weighted by molar-refractivity contribution is 5.88. The van der Waals surface area contributed by atoms with Crippen LogP contribution in [-0.4, -0.2) is 28.9 Å². The van der Waals surface area contributed by atoms with Crippen LogP contribution in [0.15, 0.2) is 30.3 Å². The molecule has 0 spiro atoms. The number of carboxylic acid groups (broad SMARTS) is 1. The zero-order valence-corrected chi connectivity index (χ0v) is 11.9. The largest absolute Gasteiger partial charge is 0.480 e. The number of benzene rings is 1. The third-order valence-electron chi connectivity index (χ3n) is 3.22. The highest BCUT2D eigenvalue weighted by atomic mass is 16.4. The minimum Gasteiger partial charge on any atom is -0.480 e. The number of hydrogen-bond acceptors (Lipinski definition) is 3. The number of carboxylic acids is 1. The Bertz CT molecular complexity index is 502. The Balaban J connectivity index is 2.75. The van der Waals surface area contributed by atoms with Crippen molar-refractivity contribution >= 4 is 17.8 Å². The zero-order valence-electron chi connectivity index (χ0n) is 11.9. The number of aliphatic carboxylic acids is 1. The van der Waals surface area contributed by atoms with Gasteiger partial charge in [-0.3, -0.25) is 9.59 Å². The molecule has 0 saturated heterocycles. The maximum Gasteiger partial charge on any atom is 0.326 e. The molecule has 6 heteroatoms. The van der Waals surface area contributed by atoms with E-state index in [1.54, 1.807) is 0 Å². The van der Waals surface area contributed by atoms with Crippen LogP contribution in [0.4, 0.5) is 0 Å². The second-order valence-corrected chi connectivity index (χ2v) is 4.78. The maximum absolute atomic E-state index is 12.2. The molecule has 0 aliphatic carbocycles. The predicted octanol–water partition coefficient (Wildman–Crippen LogP) is 1.02. The summed E-state index contributed by atoms with van der Waals surface area (Å²) in [6.45, 7) is 1.86. The third kappa shape index (κ3) is 5.25. The third-order valence-corrected chi connectivity index (χ3v) is 3.22. The molecule has 0 aliphatic heterocycles. The molecule has 114 valence electrons. The van der Waals surface area contributed by atoms with Crippen molar-refractivity contribution in [1.82, 2.24) is 5.32 Å². The van der Waals surface area contributed by atoms with Gasteiger partial charge in [0.15, 0.2) is 0 Å². The monoisotopic (exact) mass is 292 g/mol. The van der Waals surface area contributed by atoms with E-state index >= 15 is 0 Å². The number of nitrogens with two attached hydrogens (primary N) is 1. The van der Waals surface area contributed by atoms with Gasteiger partial charge >= 0.3 is 5.97 Å². The van der Waals surface area contributed by atoms with Gasteiger partial charge < -0.3 is 16.2 Å². The van der Waals surface area contributed by atoms with Gasteiger partial charge in [0.05, 0.1) is 5.92 Å². The van der Waals surface area contributed by atoms with E-state index in [9.17, 15) is 14.4 Å². The van der Waals surface area contributed by atoms with Gasteiger partial charge in [0, 0.05) is 6.42 Å². The maximum atomic E-state index is 12.2. The van der Waals surface area contributed by atoms with Crippen molar-refractivity contribution in [3.63, 3.8) is 0 Å². The molecule has 2 atom stereocenters. The van der Waals surface area contributed by atoms with E-state index in [2.05, 4.69) is 5.32 Å². The molecule has 1 aromatic carbocycles. The van der Waals surface area contributed by atoms with Crippen LogP contribution in [0, 0.1) is 0 Å². The molecule has 0 fully saturated rings. The minimum atomic E-state index is -1.17. The van der Waals surface area contributed by atoms with Crippen LogP contribution in [0.3, 0.4) is 0 Å². The lowest BCUT2D eigenvalue weighted by Gasteiger charge is -2.19. The fourth-order valence-electron chi connectivity index (χ4n) is 2.07. The lowest BCUT2D eigenvalue weighted by atomic mass is 9.95. The Labute approximate surface area is 123 Å². The van der Waals surface area contributed by atoms with Gasteiger partial charge in [0.2, 0.25) is 11.8 Å². The number of carbonyl (C=O) groups is 3. The van der Waals surface area contributed by atoms with E-state index in [-0.39, 0.29) is 18.7 Å². The number of hydrogen-bond donors (Lipinski definition) is 3. The molecule has 2 amide bonds. The quantitative estimate of drug-likeness (QED) is 0.664. The molecular weight excluding hydrogens is 272 g/mol. The first-order valence-corrected chi connectivity index (χ1v) is 6.82. The van der Waals surface area contributed by atoms with Crippen molar-refractivity contribution in [2.45, 2.75) is 38.1 Å². The molecule has 6 nitrogen and oxygen atoms in total. The fourth-order valence-corrected chi connectivity index (χ4v) is 2.07. The first kappa shape index (κ1) is 16.7. The highest BCUT2D eigenvalue weighted by Crippen LogP contribution is 2.19. The summed E-state index contributed by atoms with van der Waals surface area (Å²) in [5.74, 6) is -2.54. The first-order chi connectivity index (χ1) is 9.95. The van der Waals surface area contributed by atoms with E-state index in [1.807, 2.05) is 37.3 Å². The van der Waals surface area contributed by atoms with Crippen molar-refractivity contribution in [3.8, 4) is 0 Å². The Morgan fingerprint density at radius 3 is 2.33 bits per heavy atom. The summed E-state index contributed by atoms with van der Waals surface area (Å²) in [4.78, 5) is 34.1. The van der Waals surface area contributed by atoms with Crippen molar-refractivity contribution < 1.29 is 19.5 Å². The Kier molecular flexibility index (Phi) is 6.39. The predicted molar refractivity (Wildman–Crippen MR) is 77.5 cm³/mol. The molecule has 0 aromatic heterocycles. The van der Waals surface area contributed by atoms with Crippen molar-refractivity contribution in [3.05, 3.63) is 35.9 Å². The Morgan fingerprint density at radius 2 is 1.86 bits per heavy atom. The summed E-state index contributed by atoms with van der Waals surface area (Å²) in [5.41, 5.74) is 5.83. The van der Waals surface area contributed by atoms with Gasteiger partial charge in [-0.05, 0) is 18.4 Å². The van der Waals surface area contributed by atoms with Crippen LogP contribution in [0.2, 0.25) is 0 Å². The highest BCUT2D eigenvalue weighted by Gasteiger charge is 2.25. The molecule has 0 saturated carbocycles. The standard InChI is InChI=1S/C15H20N2O4/c1-2-11(10-6-4-3-5-7-10)14(19)17-12(15(20)21)8-9-13(16)18/h3-7,11-12H,2,8-9H2,1H3,(H2,16,18)(H,17,19)(H,20,21)/t11?,12-/m1/s1. The summed E-state index contributed by atoms with van der Waals surface area (Å²) in [7, 11) is 0. The van der Waals surface area contributed by atoms with Crippen LogP contribution in [0.5, 0.6) is 0 Å². The molecule has 4 N–H and O–H groups in total. The van der Waals surface area contributed by atoms with Gasteiger partial charge in [0.25, 0.3) is 0 Å². The molecule has 1 unspecified atom stereocenters. The van der Waals surface area contributed by atoms with E-state index in [4.69, 9.17) is 10.8 Å². The van der Waals surface area contributed by atoms with Gasteiger partial charge in [-0.2, -0.15) is 0 Å². The summed E-state index contributed by atoms with van der Waals surface area (Å²) < 4.78 is 0. The summed E-state index contributed by atoms with van der Waals surface area (Å²) >= 11 is 0.